The van der Waals surface area contributed by atoms with Crippen molar-refractivity contribution in [1.29, 1.82) is 0 Å². The molecule has 1 aliphatic heterocycles. The molecule has 4 rings (SSSR count). The Kier molecular flexibility index (Phi) is 10.8. The van der Waals surface area contributed by atoms with E-state index in [0.717, 1.165) is 53.8 Å². The van der Waals surface area contributed by atoms with Crippen molar-refractivity contribution in [1.82, 2.24) is 9.88 Å². The van der Waals surface area contributed by atoms with Crippen molar-refractivity contribution in [3.05, 3.63) is 69.2 Å². The monoisotopic (exact) mass is 555 g/mol. The summed E-state index contributed by atoms with van der Waals surface area (Å²) in [5, 5.41) is 3.87. The minimum Gasteiger partial charge on any atom is -0.677 e. The van der Waals surface area contributed by atoms with Crippen molar-refractivity contribution in [2.75, 3.05) is 25.4 Å². The molecule has 4 nitrogen and oxygen atoms in total. The van der Waals surface area contributed by atoms with Crippen molar-refractivity contribution < 1.29 is 0 Å². The average molecular weight is 557 g/mol. The molecule has 1 atom stereocenters. The molecular formula is C25H30Cl3N4S2-. The molecule has 0 amide bonds. The molecule has 1 aliphatic rings. The Balaban J connectivity index is 0.00000324. The fourth-order valence-electron chi connectivity index (χ4n) is 4.30. The average Bonchev–Trinajstić information content (AvgIpc) is 3.29. The van der Waals surface area contributed by atoms with Crippen LogP contribution in [0.4, 0.5) is 5.69 Å². The molecule has 2 heterocycles. The minimum atomic E-state index is 0. The number of nitrogens with one attached hydrogen (secondary N) is 1. The van der Waals surface area contributed by atoms with E-state index in [0.29, 0.717) is 27.8 Å². The highest BCUT2D eigenvalue weighted by atomic mass is 35.5. The third-order valence-electron chi connectivity index (χ3n) is 6.16. The van der Waals surface area contributed by atoms with E-state index in [1.54, 1.807) is 11.3 Å². The third kappa shape index (κ3) is 7.50. The quantitative estimate of drug-likeness (QED) is 0.212. The molecule has 1 aromatic heterocycles. The second-order valence-electron chi connectivity index (χ2n) is 8.53. The normalized spacial score (nSPS) is 15.7. The molecule has 9 heteroatoms. The van der Waals surface area contributed by atoms with E-state index in [9.17, 15) is 0 Å². The van der Waals surface area contributed by atoms with Crippen LogP contribution in [0.3, 0.4) is 0 Å². The first kappa shape index (κ1) is 27.6. The topological polar surface area (TPSA) is 65.9 Å². The van der Waals surface area contributed by atoms with E-state index >= 15 is 0 Å². The van der Waals surface area contributed by atoms with Gasteiger partial charge in [0.25, 0.3) is 0 Å². The van der Waals surface area contributed by atoms with Gasteiger partial charge in [-0.15, -0.1) is 23.7 Å². The first-order chi connectivity index (χ1) is 16.0. The number of aromatic nitrogens is 1. The number of nitrogens with two attached hydrogens (primary N) is 1. The number of hydrogen-bond acceptors (Lipinski definition) is 5. The highest BCUT2D eigenvalue weighted by molar-refractivity contribution is 8.01. The molecule has 0 radical (unpaired) electrons. The zero-order valence-corrected chi connectivity index (χ0v) is 22.8. The lowest BCUT2D eigenvalue weighted by Gasteiger charge is -2.36. The second-order valence-corrected chi connectivity index (χ2v) is 11.7. The van der Waals surface area contributed by atoms with Gasteiger partial charge >= 0.3 is 0 Å². The molecule has 34 heavy (non-hydrogen) atoms. The lowest BCUT2D eigenvalue weighted by molar-refractivity contribution is 0.173. The fourth-order valence-corrected chi connectivity index (χ4v) is 7.07. The van der Waals surface area contributed by atoms with E-state index in [1.807, 2.05) is 48.2 Å². The molecule has 0 spiro atoms. The van der Waals surface area contributed by atoms with Gasteiger partial charge in [-0.3, -0.25) is 4.90 Å². The van der Waals surface area contributed by atoms with Crippen molar-refractivity contribution in [2.45, 2.75) is 41.8 Å². The van der Waals surface area contributed by atoms with Crippen molar-refractivity contribution in [3.8, 4) is 11.3 Å². The second kappa shape index (κ2) is 13.4. The molecule has 1 saturated heterocycles. The summed E-state index contributed by atoms with van der Waals surface area (Å²) in [6.07, 6.45) is 4.36. The number of anilines is 1. The number of nitrogens with zero attached hydrogens (tertiary/aromatic N) is 2. The Labute approximate surface area is 226 Å². The van der Waals surface area contributed by atoms with Crippen LogP contribution in [-0.4, -0.2) is 34.8 Å². The van der Waals surface area contributed by atoms with Crippen molar-refractivity contribution in [3.63, 3.8) is 0 Å². The Morgan fingerprint density at radius 3 is 2.53 bits per heavy atom. The van der Waals surface area contributed by atoms with Crippen LogP contribution >= 0.6 is 58.7 Å². The lowest BCUT2D eigenvalue weighted by atomic mass is 9.90. The first-order valence-corrected chi connectivity index (χ1v) is 13.8. The van der Waals surface area contributed by atoms with Gasteiger partial charge in [0, 0.05) is 28.4 Å². The number of halogens is 3. The van der Waals surface area contributed by atoms with Crippen LogP contribution in [0.5, 0.6) is 0 Å². The lowest BCUT2D eigenvalue weighted by Crippen LogP contribution is -2.36. The van der Waals surface area contributed by atoms with E-state index in [-0.39, 0.29) is 12.4 Å². The molecule has 3 aromatic rings. The van der Waals surface area contributed by atoms with E-state index < -0.39 is 0 Å². The molecule has 1 unspecified atom stereocenters. The van der Waals surface area contributed by atoms with Crippen LogP contribution in [0.15, 0.2) is 52.2 Å². The third-order valence-corrected chi connectivity index (χ3v) is 9.32. The standard InChI is InChI=1S/C25H29Cl2N4S2.ClH/c26-21-8-3-17(14-22(21)27)15-31-12-9-19(10-13-31)24(2-1-11-28)33-25-30-23(16-32-25)18-4-6-20(29)7-5-18;/h3-8,14,16,19,24,28H,1-2,9-13,15,29H2;1H/q-1;. The maximum atomic E-state index is 7.65. The maximum Gasteiger partial charge on any atom is 0.150 e. The Morgan fingerprint density at radius 2 is 1.85 bits per heavy atom. The zero-order chi connectivity index (χ0) is 23.2. The number of hydrogen-bond donors (Lipinski definition) is 1. The summed E-state index contributed by atoms with van der Waals surface area (Å²) >= 11 is 15.9. The molecule has 184 valence electrons. The summed E-state index contributed by atoms with van der Waals surface area (Å²) < 4.78 is 1.12. The van der Waals surface area contributed by atoms with Gasteiger partial charge in [0.2, 0.25) is 0 Å². The Bertz CT molecular complexity index is 1040. The van der Waals surface area contributed by atoms with Crippen LogP contribution in [0.2, 0.25) is 10.0 Å². The van der Waals surface area contributed by atoms with Gasteiger partial charge < -0.3 is 11.5 Å². The summed E-state index contributed by atoms with van der Waals surface area (Å²) in [4.78, 5) is 7.40. The molecule has 0 bridgehead atoms. The molecule has 3 N–H and O–H groups in total. The maximum absolute atomic E-state index is 7.65. The van der Waals surface area contributed by atoms with Crippen molar-refractivity contribution in [2.24, 2.45) is 5.92 Å². The summed E-state index contributed by atoms with van der Waals surface area (Å²) in [6.45, 7) is 3.56. The number of thiazole rings is 1. The van der Waals surface area contributed by atoms with Gasteiger partial charge in [-0.05, 0) is 68.1 Å². The molecule has 2 aromatic carbocycles. The van der Waals surface area contributed by atoms with Gasteiger partial charge in [-0.2, -0.15) is 6.54 Å². The highest BCUT2D eigenvalue weighted by Crippen LogP contribution is 2.39. The molecule has 0 saturated carbocycles. The van der Waals surface area contributed by atoms with Crippen LogP contribution in [0.25, 0.3) is 17.0 Å². The highest BCUT2D eigenvalue weighted by Gasteiger charge is 2.28. The van der Waals surface area contributed by atoms with Gasteiger partial charge in [-0.25, -0.2) is 4.98 Å². The summed E-state index contributed by atoms with van der Waals surface area (Å²) in [7, 11) is 0. The minimum absolute atomic E-state index is 0. The van der Waals surface area contributed by atoms with Crippen LogP contribution in [0, 0.1) is 5.92 Å². The molecule has 1 fully saturated rings. The van der Waals surface area contributed by atoms with Crippen LogP contribution in [0.1, 0.15) is 31.2 Å². The summed E-state index contributed by atoms with van der Waals surface area (Å²) in [5.74, 6) is 0.649. The Morgan fingerprint density at radius 1 is 1.12 bits per heavy atom. The summed E-state index contributed by atoms with van der Waals surface area (Å²) in [5.41, 5.74) is 17.6. The van der Waals surface area contributed by atoms with E-state index in [1.165, 1.54) is 18.4 Å². The Hall–Kier alpha value is -0.990. The van der Waals surface area contributed by atoms with Gasteiger partial charge in [0.05, 0.1) is 15.7 Å². The van der Waals surface area contributed by atoms with Crippen LogP contribution < -0.4 is 5.73 Å². The first-order valence-electron chi connectivity index (χ1n) is 11.3. The SMILES string of the molecule is Cl.[NH-]CCCC(Sc1nc(-c2ccc(N)cc2)cs1)C1CCN(Cc2ccc(Cl)c(Cl)c2)CC1. The number of likely N-dealkylation sites (tertiary alicyclic amines) is 1. The number of rotatable bonds is 9. The summed E-state index contributed by atoms with van der Waals surface area (Å²) in [6, 6.07) is 13.8. The predicted octanol–water partition coefficient (Wildman–Crippen LogP) is 8.33. The van der Waals surface area contributed by atoms with Gasteiger partial charge in [-0.1, -0.05) is 59.6 Å². The van der Waals surface area contributed by atoms with E-state index in [4.69, 9.17) is 39.7 Å². The smallest absolute Gasteiger partial charge is 0.150 e. The zero-order valence-electron chi connectivity index (χ0n) is 18.9. The molecular weight excluding hydrogens is 527 g/mol. The van der Waals surface area contributed by atoms with Gasteiger partial charge in [0.15, 0.2) is 4.34 Å². The van der Waals surface area contributed by atoms with Gasteiger partial charge in [0.1, 0.15) is 0 Å². The van der Waals surface area contributed by atoms with Crippen LogP contribution in [-0.2, 0) is 6.54 Å². The van der Waals surface area contributed by atoms with E-state index in [2.05, 4.69) is 16.3 Å². The number of nitrogen functional groups attached to an aromatic ring is 1. The largest absolute Gasteiger partial charge is 0.677 e. The fraction of sp³-hybridized carbons (Fsp3) is 0.400. The predicted molar refractivity (Wildman–Crippen MR) is 152 cm³/mol. The number of thioether (sulfide) groups is 1. The van der Waals surface area contributed by atoms with Crippen molar-refractivity contribution >= 4 is 64.4 Å². The molecule has 0 aliphatic carbocycles. The number of benzene rings is 2. The number of piperidine rings is 1.